The monoisotopic (exact) mass is 481 g/mol. The van der Waals surface area contributed by atoms with Crippen LogP contribution in [0.1, 0.15) is 40.8 Å². The normalized spacial score (nSPS) is 21.6. The van der Waals surface area contributed by atoms with E-state index in [1.165, 1.54) is 17.7 Å². The zero-order valence-electron chi connectivity index (χ0n) is 20.4. The molecule has 2 atom stereocenters. The largest absolute Gasteiger partial charge is 0.356 e. The van der Waals surface area contributed by atoms with Crippen LogP contribution >= 0.6 is 0 Å². The molecule has 1 aromatic heterocycles. The van der Waals surface area contributed by atoms with Crippen LogP contribution < -0.4 is 0 Å². The van der Waals surface area contributed by atoms with E-state index in [2.05, 4.69) is 42.2 Å². The van der Waals surface area contributed by atoms with Crippen LogP contribution in [0.3, 0.4) is 0 Å². The second-order valence-corrected chi connectivity index (χ2v) is 10.1. The van der Waals surface area contributed by atoms with Crippen molar-refractivity contribution in [1.29, 1.82) is 0 Å². The molecule has 0 spiro atoms. The Hall–Kier alpha value is -3.93. The highest BCUT2D eigenvalue weighted by Crippen LogP contribution is 2.48. The average Bonchev–Trinajstić information content (AvgIpc) is 3.28. The summed E-state index contributed by atoms with van der Waals surface area (Å²) in [6.07, 6.45) is 0.556. The molecule has 182 valence electrons. The minimum absolute atomic E-state index is 0.0349. The van der Waals surface area contributed by atoms with Crippen molar-refractivity contribution in [2.24, 2.45) is 0 Å². The van der Waals surface area contributed by atoms with Crippen molar-refractivity contribution in [2.45, 2.75) is 31.7 Å². The summed E-state index contributed by atoms with van der Waals surface area (Å²) < 4.78 is 13.3. The zero-order chi connectivity index (χ0) is 25.0. The van der Waals surface area contributed by atoms with E-state index < -0.39 is 5.54 Å². The molecular formula is C30H28FN3O2. The number of H-pyrrole nitrogens is 1. The first kappa shape index (κ1) is 22.5. The van der Waals surface area contributed by atoms with Gasteiger partial charge in [-0.25, -0.2) is 4.39 Å². The molecule has 1 saturated heterocycles. The number of hydrogen-bond donors (Lipinski definition) is 1. The highest BCUT2D eigenvalue weighted by atomic mass is 19.1. The van der Waals surface area contributed by atoms with E-state index in [4.69, 9.17) is 0 Å². The lowest BCUT2D eigenvalue weighted by molar-refractivity contribution is -0.166. The fraction of sp³-hybridized carbons (Fsp3) is 0.267. The summed E-state index contributed by atoms with van der Waals surface area (Å²) in [7, 11) is 0. The number of carbonyl (C=O) groups is 2. The predicted octanol–water partition coefficient (Wildman–Crippen LogP) is 4.89. The van der Waals surface area contributed by atoms with Gasteiger partial charge in [-0.1, -0.05) is 60.2 Å². The minimum atomic E-state index is -1.12. The molecule has 0 saturated carbocycles. The molecule has 3 heterocycles. The lowest BCUT2D eigenvalue weighted by Crippen LogP contribution is -2.67. The van der Waals surface area contributed by atoms with E-state index in [1.807, 2.05) is 25.1 Å². The molecule has 2 aliphatic rings. The van der Waals surface area contributed by atoms with Gasteiger partial charge >= 0.3 is 0 Å². The average molecular weight is 482 g/mol. The Bertz CT molecular complexity index is 1470. The summed E-state index contributed by atoms with van der Waals surface area (Å²) in [5.41, 5.74) is 4.98. The SMILES string of the molecule is Cc1ccc([C@H]2CN3C(=O)CN(CCc4ccc(F)cc4)C(=O)[C@]3(C)c3[nH]c4ccccc4c32)cc1. The lowest BCUT2D eigenvalue weighted by Gasteiger charge is -2.51. The highest BCUT2D eigenvalue weighted by molar-refractivity contribution is 6.01. The Morgan fingerprint density at radius 1 is 1.00 bits per heavy atom. The van der Waals surface area contributed by atoms with E-state index >= 15 is 0 Å². The molecular weight excluding hydrogens is 453 g/mol. The molecule has 4 aromatic rings. The van der Waals surface area contributed by atoms with Crippen LogP contribution in [-0.4, -0.2) is 46.2 Å². The topological polar surface area (TPSA) is 56.4 Å². The molecule has 0 unspecified atom stereocenters. The van der Waals surface area contributed by atoms with Gasteiger partial charge in [0.05, 0.1) is 12.2 Å². The Labute approximate surface area is 209 Å². The number of hydrogen-bond acceptors (Lipinski definition) is 2. The molecule has 6 heteroatoms. The summed E-state index contributed by atoms with van der Waals surface area (Å²) in [6, 6.07) is 22.8. The van der Waals surface area contributed by atoms with Crippen molar-refractivity contribution in [2.75, 3.05) is 19.6 Å². The van der Waals surface area contributed by atoms with Gasteiger partial charge in [-0.3, -0.25) is 9.59 Å². The van der Waals surface area contributed by atoms with E-state index in [0.29, 0.717) is 19.5 Å². The van der Waals surface area contributed by atoms with Gasteiger partial charge in [-0.2, -0.15) is 0 Å². The number of aromatic amines is 1. The van der Waals surface area contributed by atoms with Gasteiger partial charge in [0.2, 0.25) is 5.91 Å². The Morgan fingerprint density at radius 3 is 2.47 bits per heavy atom. The van der Waals surface area contributed by atoms with E-state index in [0.717, 1.165) is 33.3 Å². The minimum Gasteiger partial charge on any atom is -0.356 e. The standard InChI is InChI=1S/C30H28FN3O2/c1-19-7-11-21(12-8-19)24-17-34-26(35)18-33(16-15-20-9-13-22(31)14-10-20)29(36)30(34,2)28-27(24)23-5-3-4-6-25(23)32-28/h3-14,24,32H,15-18H2,1-2H3/t24-,30+/m1/s1. The fourth-order valence-electron chi connectivity index (χ4n) is 5.87. The second-order valence-electron chi connectivity index (χ2n) is 10.1. The van der Waals surface area contributed by atoms with E-state index in [1.54, 1.807) is 21.9 Å². The van der Waals surface area contributed by atoms with Gasteiger partial charge in [0.15, 0.2) is 5.54 Å². The van der Waals surface area contributed by atoms with Crippen LogP contribution in [0.25, 0.3) is 10.9 Å². The summed E-state index contributed by atoms with van der Waals surface area (Å²) in [5, 5.41) is 1.09. The second kappa shape index (κ2) is 8.33. The smallest absolute Gasteiger partial charge is 0.254 e. The Kier molecular flexibility index (Phi) is 5.21. The number of benzene rings is 3. The van der Waals surface area contributed by atoms with Crippen LogP contribution in [0.15, 0.2) is 72.8 Å². The number of halogens is 1. The Morgan fingerprint density at radius 2 is 1.72 bits per heavy atom. The summed E-state index contributed by atoms with van der Waals surface area (Å²) >= 11 is 0. The molecule has 2 amide bonds. The van der Waals surface area contributed by atoms with Gasteiger partial charge in [-0.05, 0) is 55.2 Å². The quantitative estimate of drug-likeness (QED) is 0.451. The molecule has 5 nitrogen and oxygen atoms in total. The van der Waals surface area contributed by atoms with Crippen LogP contribution in [0.5, 0.6) is 0 Å². The van der Waals surface area contributed by atoms with Crippen molar-refractivity contribution >= 4 is 22.7 Å². The number of para-hydroxylation sites is 1. The van der Waals surface area contributed by atoms with Gasteiger partial charge < -0.3 is 14.8 Å². The number of nitrogens with one attached hydrogen (secondary N) is 1. The maximum Gasteiger partial charge on any atom is 0.254 e. The molecule has 1 fully saturated rings. The highest BCUT2D eigenvalue weighted by Gasteiger charge is 2.56. The number of rotatable bonds is 4. The molecule has 0 aliphatic carbocycles. The van der Waals surface area contributed by atoms with Crippen molar-refractivity contribution in [3.05, 3.63) is 107 Å². The van der Waals surface area contributed by atoms with Crippen molar-refractivity contribution in [3.8, 4) is 0 Å². The number of amides is 2. The summed E-state index contributed by atoms with van der Waals surface area (Å²) in [5.74, 6) is -0.466. The number of carbonyl (C=O) groups excluding carboxylic acids is 2. The third-order valence-electron chi connectivity index (χ3n) is 7.88. The number of piperazine rings is 1. The molecule has 0 bridgehead atoms. The van der Waals surface area contributed by atoms with Gasteiger partial charge in [0, 0.05) is 29.9 Å². The van der Waals surface area contributed by atoms with Crippen LogP contribution in [0.4, 0.5) is 4.39 Å². The number of fused-ring (bicyclic) bond motifs is 5. The summed E-state index contributed by atoms with van der Waals surface area (Å²) in [4.78, 5) is 34.6. The first-order valence-electron chi connectivity index (χ1n) is 12.4. The van der Waals surface area contributed by atoms with Crippen molar-refractivity contribution in [3.63, 3.8) is 0 Å². The first-order chi connectivity index (χ1) is 17.4. The van der Waals surface area contributed by atoms with Crippen molar-refractivity contribution < 1.29 is 14.0 Å². The molecule has 3 aromatic carbocycles. The molecule has 2 aliphatic heterocycles. The van der Waals surface area contributed by atoms with Gasteiger partial charge in [0.25, 0.3) is 5.91 Å². The maximum atomic E-state index is 14.1. The van der Waals surface area contributed by atoms with Gasteiger partial charge in [-0.15, -0.1) is 0 Å². The van der Waals surface area contributed by atoms with Gasteiger partial charge in [0.1, 0.15) is 5.82 Å². The number of aryl methyl sites for hydroxylation is 1. The molecule has 36 heavy (non-hydrogen) atoms. The zero-order valence-corrected chi connectivity index (χ0v) is 20.4. The van der Waals surface area contributed by atoms with Crippen LogP contribution in [0, 0.1) is 12.7 Å². The van der Waals surface area contributed by atoms with E-state index in [9.17, 15) is 14.0 Å². The Balaban J connectivity index is 1.43. The number of nitrogens with zero attached hydrogens (tertiary/aromatic N) is 2. The third kappa shape index (κ3) is 3.43. The van der Waals surface area contributed by atoms with Crippen molar-refractivity contribution in [1.82, 2.24) is 14.8 Å². The fourth-order valence-corrected chi connectivity index (χ4v) is 5.87. The predicted molar refractivity (Wildman–Crippen MR) is 137 cm³/mol. The third-order valence-corrected chi connectivity index (χ3v) is 7.88. The van der Waals surface area contributed by atoms with Crippen LogP contribution in [-0.2, 0) is 21.5 Å². The maximum absolute atomic E-state index is 14.1. The van der Waals surface area contributed by atoms with Crippen LogP contribution in [0.2, 0.25) is 0 Å². The lowest BCUT2D eigenvalue weighted by atomic mass is 9.76. The van der Waals surface area contributed by atoms with E-state index in [-0.39, 0.29) is 30.1 Å². The number of aromatic nitrogens is 1. The first-order valence-corrected chi connectivity index (χ1v) is 12.4. The molecule has 6 rings (SSSR count). The summed E-state index contributed by atoms with van der Waals surface area (Å²) in [6.45, 7) is 4.83. The molecule has 0 radical (unpaired) electrons. The molecule has 1 N–H and O–H groups in total.